The van der Waals surface area contributed by atoms with Gasteiger partial charge in [0.1, 0.15) is 5.82 Å². The third kappa shape index (κ3) is 6.28. The van der Waals surface area contributed by atoms with Crippen LogP contribution in [0.3, 0.4) is 0 Å². The molecule has 3 aromatic carbocycles. The van der Waals surface area contributed by atoms with E-state index in [1.54, 1.807) is 35.0 Å². The van der Waals surface area contributed by atoms with E-state index in [0.717, 1.165) is 16.8 Å². The number of nitrogens with two attached hydrogens (primary N) is 1. The van der Waals surface area contributed by atoms with Crippen molar-refractivity contribution in [3.8, 4) is 16.9 Å². The van der Waals surface area contributed by atoms with E-state index in [1.165, 1.54) is 30.3 Å². The summed E-state index contributed by atoms with van der Waals surface area (Å²) in [7, 11) is -3.73. The zero-order chi connectivity index (χ0) is 24.8. The Morgan fingerprint density at radius 3 is 2.34 bits per heavy atom. The summed E-state index contributed by atoms with van der Waals surface area (Å²) < 4.78 is 37.8. The number of hydrogen-bond donors (Lipinski definition) is 2. The minimum absolute atomic E-state index is 0.0428. The summed E-state index contributed by atoms with van der Waals surface area (Å²) in [4.78, 5) is 12.4. The van der Waals surface area contributed by atoms with E-state index in [9.17, 15) is 17.6 Å². The lowest BCUT2D eigenvalue weighted by Gasteiger charge is -2.04. The molecule has 0 aliphatic rings. The number of para-hydroxylation sites is 1. The van der Waals surface area contributed by atoms with Gasteiger partial charge >= 0.3 is 0 Å². The Balaban J connectivity index is 1.45. The van der Waals surface area contributed by atoms with Crippen LogP contribution in [-0.4, -0.2) is 30.7 Å². The Morgan fingerprint density at radius 1 is 1.00 bits per heavy atom. The van der Waals surface area contributed by atoms with E-state index in [1.807, 2.05) is 36.5 Å². The first-order valence-electron chi connectivity index (χ1n) is 10.8. The lowest BCUT2D eigenvalue weighted by atomic mass is 10.1. The second kappa shape index (κ2) is 10.5. The fourth-order valence-corrected chi connectivity index (χ4v) is 3.97. The summed E-state index contributed by atoms with van der Waals surface area (Å²) in [5.74, 6) is -0.629. The predicted molar refractivity (Wildman–Crippen MR) is 133 cm³/mol. The molecule has 1 amide bonds. The van der Waals surface area contributed by atoms with Gasteiger partial charge in [0, 0.05) is 29.9 Å². The number of primary sulfonamides is 1. The molecule has 35 heavy (non-hydrogen) atoms. The van der Waals surface area contributed by atoms with E-state index in [2.05, 4.69) is 10.4 Å². The molecule has 4 aromatic rings. The summed E-state index contributed by atoms with van der Waals surface area (Å²) in [5.41, 5.74) is 3.77. The van der Waals surface area contributed by atoms with Crippen molar-refractivity contribution in [1.29, 1.82) is 0 Å². The number of rotatable bonds is 8. The average Bonchev–Trinajstić information content (AvgIpc) is 3.28. The van der Waals surface area contributed by atoms with Crippen LogP contribution in [0.4, 0.5) is 4.39 Å². The van der Waals surface area contributed by atoms with Crippen LogP contribution in [0.1, 0.15) is 11.1 Å². The Morgan fingerprint density at radius 2 is 1.69 bits per heavy atom. The third-order valence-corrected chi connectivity index (χ3v) is 6.19. The third-order valence-electron chi connectivity index (χ3n) is 5.26. The molecular weight excluding hydrogens is 467 g/mol. The highest BCUT2D eigenvalue weighted by Crippen LogP contribution is 2.25. The summed E-state index contributed by atoms with van der Waals surface area (Å²) in [6.07, 6.45) is 5.42. The van der Waals surface area contributed by atoms with Gasteiger partial charge in [-0.25, -0.2) is 22.6 Å². The number of nitrogens with one attached hydrogen (secondary N) is 1. The molecule has 4 rings (SSSR count). The van der Waals surface area contributed by atoms with Gasteiger partial charge in [0.15, 0.2) is 0 Å². The maximum Gasteiger partial charge on any atom is 0.244 e. The van der Waals surface area contributed by atoms with Crippen LogP contribution in [0.2, 0.25) is 0 Å². The van der Waals surface area contributed by atoms with Crippen molar-refractivity contribution in [3.63, 3.8) is 0 Å². The van der Waals surface area contributed by atoms with Gasteiger partial charge in [0.2, 0.25) is 15.9 Å². The van der Waals surface area contributed by atoms with Crippen molar-refractivity contribution in [2.75, 3.05) is 6.54 Å². The van der Waals surface area contributed by atoms with Gasteiger partial charge < -0.3 is 5.32 Å². The largest absolute Gasteiger partial charge is 0.352 e. The van der Waals surface area contributed by atoms with Gasteiger partial charge in [0.25, 0.3) is 0 Å². The summed E-state index contributed by atoms with van der Waals surface area (Å²) in [6, 6.07) is 21.8. The van der Waals surface area contributed by atoms with Gasteiger partial charge in [-0.1, -0.05) is 30.3 Å². The van der Waals surface area contributed by atoms with Crippen LogP contribution >= 0.6 is 0 Å². The molecule has 0 saturated heterocycles. The van der Waals surface area contributed by atoms with Gasteiger partial charge in [0.05, 0.1) is 16.3 Å². The standard InChI is InChI=1S/C26H23FN4O3S/c27-22-11-8-20(9-12-22)26-21(18-31(30-26)23-4-2-1-3-5-23)10-15-25(32)29-17-16-19-6-13-24(14-7-19)35(28,33)34/h1-15,18H,16-17H2,(H,29,32)(H2,28,33,34)/b15-10+. The number of benzene rings is 3. The Labute approximate surface area is 202 Å². The van der Waals surface area contributed by atoms with E-state index in [-0.39, 0.29) is 16.6 Å². The highest BCUT2D eigenvalue weighted by molar-refractivity contribution is 7.89. The van der Waals surface area contributed by atoms with Crippen molar-refractivity contribution in [1.82, 2.24) is 15.1 Å². The van der Waals surface area contributed by atoms with Crippen molar-refractivity contribution in [2.24, 2.45) is 5.14 Å². The van der Waals surface area contributed by atoms with Crippen molar-refractivity contribution in [2.45, 2.75) is 11.3 Å². The fourth-order valence-electron chi connectivity index (χ4n) is 3.45. The maximum absolute atomic E-state index is 13.4. The monoisotopic (exact) mass is 490 g/mol. The van der Waals surface area contributed by atoms with Crippen LogP contribution in [0.25, 0.3) is 23.0 Å². The van der Waals surface area contributed by atoms with E-state index < -0.39 is 10.0 Å². The van der Waals surface area contributed by atoms with Crippen LogP contribution in [-0.2, 0) is 21.2 Å². The average molecular weight is 491 g/mol. The molecule has 0 aliphatic carbocycles. The zero-order valence-electron chi connectivity index (χ0n) is 18.6. The normalized spacial score (nSPS) is 11.6. The SMILES string of the molecule is NS(=O)(=O)c1ccc(CCNC(=O)/C=C/c2cn(-c3ccccc3)nc2-c2ccc(F)cc2)cc1. The minimum Gasteiger partial charge on any atom is -0.352 e. The number of amides is 1. The minimum atomic E-state index is -3.73. The highest BCUT2D eigenvalue weighted by Gasteiger charge is 2.11. The molecule has 0 bridgehead atoms. The van der Waals surface area contributed by atoms with Crippen molar-refractivity contribution in [3.05, 3.63) is 108 Å². The summed E-state index contributed by atoms with van der Waals surface area (Å²) in [6.45, 7) is 0.367. The first kappa shape index (κ1) is 24.1. The van der Waals surface area contributed by atoms with Crippen molar-refractivity contribution >= 4 is 22.0 Å². The predicted octanol–water partition coefficient (Wildman–Crippen LogP) is 3.70. The molecule has 9 heteroatoms. The van der Waals surface area contributed by atoms with Crippen LogP contribution in [0.5, 0.6) is 0 Å². The molecule has 0 spiro atoms. The molecule has 0 radical (unpaired) electrons. The lowest BCUT2D eigenvalue weighted by molar-refractivity contribution is -0.116. The Hall–Kier alpha value is -4.08. The van der Waals surface area contributed by atoms with Crippen LogP contribution in [0.15, 0.2) is 96.0 Å². The second-order valence-corrected chi connectivity index (χ2v) is 9.34. The van der Waals surface area contributed by atoms with Gasteiger partial charge in [-0.15, -0.1) is 0 Å². The topological polar surface area (TPSA) is 107 Å². The van der Waals surface area contributed by atoms with Gasteiger partial charge in [-0.3, -0.25) is 4.79 Å². The molecule has 0 aliphatic heterocycles. The number of carbonyl (C=O) groups is 1. The summed E-state index contributed by atoms with van der Waals surface area (Å²) >= 11 is 0. The molecule has 1 heterocycles. The molecular formula is C26H23FN4O3S. The van der Waals surface area contributed by atoms with Crippen LogP contribution < -0.4 is 10.5 Å². The van der Waals surface area contributed by atoms with Crippen LogP contribution in [0, 0.1) is 5.82 Å². The molecule has 0 fully saturated rings. The first-order valence-corrected chi connectivity index (χ1v) is 12.3. The summed E-state index contributed by atoms with van der Waals surface area (Å²) in [5, 5.41) is 12.6. The number of halogens is 1. The smallest absolute Gasteiger partial charge is 0.244 e. The number of nitrogens with zero attached hydrogens (tertiary/aromatic N) is 2. The molecule has 1 aromatic heterocycles. The van der Waals surface area contributed by atoms with Crippen molar-refractivity contribution < 1.29 is 17.6 Å². The maximum atomic E-state index is 13.4. The Kier molecular flexibility index (Phi) is 7.19. The molecule has 0 saturated carbocycles. The first-order chi connectivity index (χ1) is 16.8. The molecule has 7 nitrogen and oxygen atoms in total. The van der Waals surface area contributed by atoms with E-state index >= 15 is 0 Å². The number of hydrogen-bond acceptors (Lipinski definition) is 4. The van der Waals surface area contributed by atoms with Gasteiger partial charge in [-0.2, -0.15) is 5.10 Å². The number of aromatic nitrogens is 2. The number of carbonyl (C=O) groups excluding carboxylic acids is 1. The second-order valence-electron chi connectivity index (χ2n) is 7.78. The molecule has 3 N–H and O–H groups in total. The molecule has 0 unspecified atom stereocenters. The van der Waals surface area contributed by atoms with E-state index in [0.29, 0.717) is 24.2 Å². The number of sulfonamides is 1. The molecule has 178 valence electrons. The Bertz CT molecular complexity index is 1450. The van der Waals surface area contributed by atoms with E-state index in [4.69, 9.17) is 5.14 Å². The zero-order valence-corrected chi connectivity index (χ0v) is 19.5. The quantitative estimate of drug-likeness (QED) is 0.367. The lowest BCUT2D eigenvalue weighted by Crippen LogP contribution is -2.23. The molecule has 0 atom stereocenters. The van der Waals surface area contributed by atoms with Gasteiger partial charge in [-0.05, 0) is 66.6 Å². The highest BCUT2D eigenvalue weighted by atomic mass is 32.2. The fraction of sp³-hybridized carbons (Fsp3) is 0.0769.